The van der Waals surface area contributed by atoms with Crippen LogP contribution in [-0.4, -0.2) is 18.2 Å². The molecule has 0 bridgehead atoms. The quantitative estimate of drug-likeness (QED) is 0.750. The molecule has 2 heteroatoms. The Morgan fingerprint density at radius 3 is 2.67 bits per heavy atom. The van der Waals surface area contributed by atoms with Gasteiger partial charge in [-0.05, 0) is 37.3 Å². The Hall–Kier alpha value is -1.02. The first kappa shape index (κ1) is 10.5. The molecule has 0 saturated carbocycles. The fourth-order valence-electron chi connectivity index (χ4n) is 1.84. The van der Waals surface area contributed by atoms with E-state index in [0.29, 0.717) is 0 Å². The molecule has 0 atom stereocenters. The molecule has 1 radical (unpaired) electrons. The summed E-state index contributed by atoms with van der Waals surface area (Å²) in [6, 6.07) is 8.28. The molecule has 0 aromatic heterocycles. The third-order valence-electron chi connectivity index (χ3n) is 2.75. The summed E-state index contributed by atoms with van der Waals surface area (Å²) in [5, 5.41) is 2.06. The zero-order valence-corrected chi connectivity index (χ0v) is 9.28. The summed E-state index contributed by atoms with van der Waals surface area (Å²) >= 11 is 0. The van der Waals surface area contributed by atoms with Crippen molar-refractivity contribution < 1.29 is 4.84 Å². The van der Waals surface area contributed by atoms with E-state index >= 15 is 0 Å². The molecule has 81 valence electrons. The predicted octanol–water partition coefficient (Wildman–Crippen LogP) is 2.84. The van der Waals surface area contributed by atoms with Crippen molar-refractivity contribution in [3.63, 3.8) is 0 Å². The van der Waals surface area contributed by atoms with Gasteiger partial charge in [-0.15, -0.1) is 5.06 Å². The summed E-state index contributed by atoms with van der Waals surface area (Å²) in [4.78, 5) is 5.89. The standard InChI is InChI=1S/C13H18NO/c1-2-12-8-4-5-9-13(12)15-14-10-6-3-7-11-14/h3-5,8-9H,2,6-7,10-11H2,1H3. The van der Waals surface area contributed by atoms with E-state index in [4.69, 9.17) is 4.84 Å². The Morgan fingerprint density at radius 2 is 1.93 bits per heavy atom. The van der Waals surface area contributed by atoms with E-state index in [0.717, 1.165) is 38.1 Å². The second-order valence-corrected chi connectivity index (χ2v) is 3.85. The molecule has 1 heterocycles. The number of aryl methyl sites for hydroxylation is 1. The van der Waals surface area contributed by atoms with E-state index in [1.165, 1.54) is 5.56 Å². The van der Waals surface area contributed by atoms with Crippen LogP contribution in [0.5, 0.6) is 5.75 Å². The molecule has 1 saturated heterocycles. The van der Waals surface area contributed by atoms with Crippen molar-refractivity contribution in [2.75, 3.05) is 13.1 Å². The number of rotatable bonds is 3. The van der Waals surface area contributed by atoms with Crippen molar-refractivity contribution in [3.05, 3.63) is 36.2 Å². The van der Waals surface area contributed by atoms with E-state index in [9.17, 15) is 0 Å². The van der Waals surface area contributed by atoms with E-state index in [1.807, 2.05) is 6.07 Å². The highest BCUT2D eigenvalue weighted by molar-refractivity contribution is 5.32. The molecule has 1 aromatic carbocycles. The number of para-hydroxylation sites is 1. The molecule has 1 aliphatic heterocycles. The molecule has 1 aliphatic rings. The van der Waals surface area contributed by atoms with Crippen molar-refractivity contribution >= 4 is 0 Å². The number of piperidine rings is 1. The monoisotopic (exact) mass is 204 g/mol. The molecule has 0 unspecified atom stereocenters. The minimum absolute atomic E-state index is 1.01. The number of benzene rings is 1. The van der Waals surface area contributed by atoms with E-state index < -0.39 is 0 Å². The van der Waals surface area contributed by atoms with Crippen LogP contribution in [0, 0.1) is 6.42 Å². The molecular weight excluding hydrogens is 186 g/mol. The summed E-state index contributed by atoms with van der Waals surface area (Å²) in [6.45, 7) is 4.18. The summed E-state index contributed by atoms with van der Waals surface area (Å²) in [7, 11) is 0. The SMILES string of the molecule is CCc1ccccc1ON1CC[CH]CC1. The Labute approximate surface area is 91.8 Å². The Balaban J connectivity index is 2.02. The van der Waals surface area contributed by atoms with Crippen LogP contribution in [0.3, 0.4) is 0 Å². The maximum absolute atomic E-state index is 5.89. The average molecular weight is 204 g/mol. The first-order valence-corrected chi connectivity index (χ1v) is 5.72. The highest BCUT2D eigenvalue weighted by Gasteiger charge is 2.12. The third-order valence-corrected chi connectivity index (χ3v) is 2.75. The smallest absolute Gasteiger partial charge is 0.150 e. The average Bonchev–Trinajstić information content (AvgIpc) is 2.31. The molecule has 0 spiro atoms. The summed E-state index contributed by atoms with van der Waals surface area (Å²) in [5.74, 6) is 1.02. The molecule has 2 rings (SSSR count). The summed E-state index contributed by atoms with van der Waals surface area (Å²) in [5.41, 5.74) is 1.28. The van der Waals surface area contributed by atoms with Gasteiger partial charge in [-0.3, -0.25) is 0 Å². The first-order chi connectivity index (χ1) is 7.40. The van der Waals surface area contributed by atoms with Gasteiger partial charge in [0.15, 0.2) is 5.75 Å². The molecule has 1 aromatic rings. The van der Waals surface area contributed by atoms with Crippen LogP contribution in [0.2, 0.25) is 0 Å². The van der Waals surface area contributed by atoms with E-state index in [-0.39, 0.29) is 0 Å². The normalized spacial score (nSPS) is 17.7. The molecule has 0 N–H and O–H groups in total. The van der Waals surface area contributed by atoms with Gasteiger partial charge in [-0.2, -0.15) is 0 Å². The van der Waals surface area contributed by atoms with Crippen LogP contribution in [0.15, 0.2) is 24.3 Å². The van der Waals surface area contributed by atoms with Crippen LogP contribution < -0.4 is 4.84 Å². The Morgan fingerprint density at radius 1 is 1.20 bits per heavy atom. The molecule has 1 fully saturated rings. The Kier molecular flexibility index (Phi) is 3.62. The van der Waals surface area contributed by atoms with Gasteiger partial charge in [0.25, 0.3) is 0 Å². The predicted molar refractivity (Wildman–Crippen MR) is 61.6 cm³/mol. The van der Waals surface area contributed by atoms with Gasteiger partial charge < -0.3 is 4.84 Å². The van der Waals surface area contributed by atoms with Crippen molar-refractivity contribution in [1.82, 2.24) is 5.06 Å². The Bertz CT molecular complexity index is 305. The zero-order valence-electron chi connectivity index (χ0n) is 9.28. The van der Waals surface area contributed by atoms with Crippen molar-refractivity contribution in [2.24, 2.45) is 0 Å². The largest absolute Gasteiger partial charge is 0.406 e. The van der Waals surface area contributed by atoms with Crippen molar-refractivity contribution in [1.29, 1.82) is 0 Å². The number of hydroxylamine groups is 2. The molecule has 0 amide bonds. The van der Waals surface area contributed by atoms with Gasteiger partial charge in [0.05, 0.1) is 0 Å². The highest BCUT2D eigenvalue weighted by Crippen LogP contribution is 2.20. The lowest BCUT2D eigenvalue weighted by Crippen LogP contribution is -2.33. The van der Waals surface area contributed by atoms with E-state index in [1.54, 1.807) is 0 Å². The second kappa shape index (κ2) is 5.17. The van der Waals surface area contributed by atoms with Gasteiger partial charge >= 0.3 is 0 Å². The van der Waals surface area contributed by atoms with E-state index in [2.05, 4.69) is 36.6 Å². The number of nitrogens with zero attached hydrogens (tertiary/aromatic N) is 1. The zero-order chi connectivity index (χ0) is 10.5. The van der Waals surface area contributed by atoms with Crippen LogP contribution in [-0.2, 0) is 6.42 Å². The van der Waals surface area contributed by atoms with Gasteiger partial charge in [0.2, 0.25) is 0 Å². The lowest BCUT2D eigenvalue weighted by molar-refractivity contribution is -0.0657. The van der Waals surface area contributed by atoms with Crippen LogP contribution in [0.25, 0.3) is 0 Å². The fourth-order valence-corrected chi connectivity index (χ4v) is 1.84. The third kappa shape index (κ3) is 2.72. The maximum atomic E-state index is 5.89. The highest BCUT2D eigenvalue weighted by atomic mass is 16.7. The van der Waals surface area contributed by atoms with Crippen molar-refractivity contribution in [3.8, 4) is 5.75 Å². The summed E-state index contributed by atoms with van der Waals surface area (Å²) < 4.78 is 0. The summed E-state index contributed by atoms with van der Waals surface area (Å²) in [6.07, 6.45) is 5.62. The minimum atomic E-state index is 1.01. The second-order valence-electron chi connectivity index (χ2n) is 3.85. The first-order valence-electron chi connectivity index (χ1n) is 5.72. The van der Waals surface area contributed by atoms with Gasteiger partial charge in [0, 0.05) is 13.1 Å². The van der Waals surface area contributed by atoms with Crippen LogP contribution >= 0.6 is 0 Å². The minimum Gasteiger partial charge on any atom is -0.406 e. The maximum Gasteiger partial charge on any atom is 0.150 e. The molecule has 0 aliphatic carbocycles. The lowest BCUT2D eigenvalue weighted by Gasteiger charge is -2.26. The van der Waals surface area contributed by atoms with Crippen molar-refractivity contribution in [2.45, 2.75) is 26.2 Å². The molecule has 2 nitrogen and oxygen atoms in total. The molecular formula is C13H18NO. The van der Waals surface area contributed by atoms with Gasteiger partial charge in [-0.1, -0.05) is 25.1 Å². The van der Waals surface area contributed by atoms with Gasteiger partial charge in [-0.25, -0.2) is 0 Å². The topological polar surface area (TPSA) is 12.5 Å². The van der Waals surface area contributed by atoms with Gasteiger partial charge in [0.1, 0.15) is 0 Å². The molecule has 15 heavy (non-hydrogen) atoms. The number of hydrogen-bond donors (Lipinski definition) is 0. The fraction of sp³-hybridized carbons (Fsp3) is 0.462. The van der Waals surface area contributed by atoms with Crippen LogP contribution in [0.1, 0.15) is 25.3 Å². The van der Waals surface area contributed by atoms with Crippen LogP contribution in [0.4, 0.5) is 0 Å². The number of hydrogen-bond acceptors (Lipinski definition) is 2. The lowest BCUT2D eigenvalue weighted by atomic mass is 10.1.